The number of hydrogen-bond acceptors (Lipinski definition) is 3. The number of carbonyl (C=O) groups excluding carboxylic acids is 1. The van der Waals surface area contributed by atoms with Gasteiger partial charge in [0.1, 0.15) is 5.82 Å². The lowest BCUT2D eigenvalue weighted by atomic mass is 10.0. The average Bonchev–Trinajstić information content (AvgIpc) is 3.07. The number of aromatic nitrogens is 2. The fraction of sp³-hybridized carbons (Fsp3) is 0.261. The zero-order valence-corrected chi connectivity index (χ0v) is 20.3. The van der Waals surface area contributed by atoms with Crippen LogP contribution in [0.3, 0.4) is 0 Å². The molecule has 0 fully saturated rings. The third-order valence-electron chi connectivity index (χ3n) is 4.91. The van der Waals surface area contributed by atoms with Gasteiger partial charge in [-0.1, -0.05) is 47.5 Å². The van der Waals surface area contributed by atoms with Crippen molar-refractivity contribution >= 4 is 35.1 Å². The lowest BCUT2D eigenvalue weighted by Gasteiger charge is -2.17. The summed E-state index contributed by atoms with van der Waals surface area (Å²) in [5.41, 5.74) is -1.95. The van der Waals surface area contributed by atoms with E-state index in [-0.39, 0.29) is 27.7 Å². The van der Waals surface area contributed by atoms with Crippen LogP contribution in [-0.2, 0) is 19.6 Å². The Morgan fingerprint density at radius 2 is 1.91 bits per heavy atom. The van der Waals surface area contributed by atoms with Crippen LogP contribution in [0, 0.1) is 5.82 Å². The van der Waals surface area contributed by atoms with Gasteiger partial charge in [-0.05, 0) is 37.6 Å². The molecule has 0 aliphatic heterocycles. The van der Waals surface area contributed by atoms with Crippen LogP contribution in [0.15, 0.2) is 52.6 Å². The van der Waals surface area contributed by atoms with Crippen LogP contribution in [0.2, 0.25) is 0 Å². The molecule has 6 nitrogen and oxygen atoms in total. The van der Waals surface area contributed by atoms with Crippen molar-refractivity contribution in [1.29, 1.82) is 0 Å². The van der Waals surface area contributed by atoms with E-state index in [4.69, 9.17) is 28.3 Å². The summed E-state index contributed by atoms with van der Waals surface area (Å²) < 4.78 is 56.0. The van der Waals surface area contributed by atoms with Gasteiger partial charge >= 0.3 is 12.1 Å². The van der Waals surface area contributed by atoms with E-state index in [9.17, 15) is 27.2 Å². The molecule has 0 bridgehead atoms. The summed E-state index contributed by atoms with van der Waals surface area (Å²) in [7, 11) is 1.07. The zero-order valence-electron chi connectivity index (χ0n) is 18.8. The number of nitrogens with one attached hydrogen (secondary N) is 1. The summed E-state index contributed by atoms with van der Waals surface area (Å²) in [5, 5.41) is 15.5. The number of benzene rings is 1. The smallest absolute Gasteiger partial charge is 0.433 e. The number of allylic oxidation sites excluding steroid dienone is 5. The Kier molecular flexibility index (Phi) is 8.91. The van der Waals surface area contributed by atoms with Gasteiger partial charge in [0, 0.05) is 13.5 Å². The molecule has 12 heteroatoms. The summed E-state index contributed by atoms with van der Waals surface area (Å²) in [6.07, 6.45) is -2.08. The van der Waals surface area contributed by atoms with Crippen molar-refractivity contribution in [2.75, 3.05) is 0 Å². The molecule has 35 heavy (non-hydrogen) atoms. The highest BCUT2D eigenvalue weighted by Gasteiger charge is 2.41. The van der Waals surface area contributed by atoms with E-state index >= 15 is 0 Å². The molecule has 0 saturated carbocycles. The van der Waals surface area contributed by atoms with Crippen molar-refractivity contribution in [3.63, 3.8) is 0 Å². The van der Waals surface area contributed by atoms with Crippen molar-refractivity contribution in [2.45, 2.75) is 32.5 Å². The minimum absolute atomic E-state index is 0.0785. The van der Waals surface area contributed by atoms with Crippen LogP contribution in [0.5, 0.6) is 0 Å². The van der Waals surface area contributed by atoms with Gasteiger partial charge in [0.05, 0.1) is 32.9 Å². The fourth-order valence-corrected chi connectivity index (χ4v) is 3.35. The number of carbonyl (C=O) groups is 2. The maximum atomic E-state index is 14.0. The lowest BCUT2D eigenvalue weighted by molar-refractivity contribution is -0.144. The molecule has 1 amide bonds. The first-order chi connectivity index (χ1) is 16.1. The summed E-state index contributed by atoms with van der Waals surface area (Å²) in [5.74, 6) is -3.59. The molecule has 2 N–H and O–H groups in total. The Morgan fingerprint density at radius 1 is 1.29 bits per heavy atom. The summed E-state index contributed by atoms with van der Waals surface area (Å²) >= 11 is 11.6. The zero-order chi connectivity index (χ0) is 26.7. The first-order valence-electron chi connectivity index (χ1n) is 9.97. The van der Waals surface area contributed by atoms with E-state index in [1.165, 1.54) is 25.1 Å². The van der Waals surface area contributed by atoms with Crippen LogP contribution in [0.25, 0.3) is 0 Å². The second-order valence-electron chi connectivity index (χ2n) is 7.64. The molecule has 0 radical (unpaired) electrons. The average molecular weight is 534 g/mol. The number of carboxylic acids is 1. The topological polar surface area (TPSA) is 84.2 Å². The van der Waals surface area contributed by atoms with E-state index < -0.39 is 46.7 Å². The van der Waals surface area contributed by atoms with E-state index in [0.717, 1.165) is 19.2 Å². The van der Waals surface area contributed by atoms with Gasteiger partial charge in [-0.2, -0.15) is 18.3 Å². The molecule has 2 rings (SSSR count). The lowest BCUT2D eigenvalue weighted by Crippen LogP contribution is -2.30. The highest BCUT2D eigenvalue weighted by Crippen LogP contribution is 2.34. The van der Waals surface area contributed by atoms with Crippen LogP contribution < -0.4 is 5.32 Å². The quantitative estimate of drug-likeness (QED) is 0.315. The third-order valence-corrected chi connectivity index (χ3v) is 5.56. The first kappa shape index (κ1) is 28.1. The van der Waals surface area contributed by atoms with Gasteiger partial charge in [-0.15, -0.1) is 0 Å². The fourth-order valence-electron chi connectivity index (χ4n) is 3.22. The molecule has 1 atom stereocenters. The highest BCUT2D eigenvalue weighted by molar-refractivity contribution is 6.43. The van der Waals surface area contributed by atoms with Crippen LogP contribution in [0.4, 0.5) is 17.6 Å². The van der Waals surface area contributed by atoms with E-state index in [0.29, 0.717) is 10.3 Å². The maximum Gasteiger partial charge on any atom is 0.433 e. The minimum Gasteiger partial charge on any atom is -0.478 e. The van der Waals surface area contributed by atoms with Crippen molar-refractivity contribution < 1.29 is 32.3 Å². The monoisotopic (exact) mass is 533 g/mol. The van der Waals surface area contributed by atoms with Crippen LogP contribution in [0.1, 0.15) is 57.6 Å². The molecule has 188 valence electrons. The predicted molar refractivity (Wildman–Crippen MR) is 124 cm³/mol. The molecule has 0 spiro atoms. The third kappa shape index (κ3) is 6.95. The van der Waals surface area contributed by atoms with Crippen molar-refractivity contribution in [2.24, 2.45) is 7.05 Å². The molecule has 0 aliphatic carbocycles. The summed E-state index contributed by atoms with van der Waals surface area (Å²) in [6.45, 7) is 6.49. The highest BCUT2D eigenvalue weighted by atomic mass is 35.5. The van der Waals surface area contributed by atoms with Crippen LogP contribution in [-0.4, -0.2) is 26.8 Å². The van der Waals surface area contributed by atoms with Gasteiger partial charge in [-0.3, -0.25) is 9.48 Å². The van der Waals surface area contributed by atoms with Crippen LogP contribution >= 0.6 is 23.2 Å². The number of aryl methyl sites for hydroxylation is 1. The van der Waals surface area contributed by atoms with E-state index in [1.54, 1.807) is 6.92 Å². The minimum atomic E-state index is -4.89. The Balaban J connectivity index is 2.43. The number of hydrogen-bond donors (Lipinski definition) is 2. The van der Waals surface area contributed by atoms with Gasteiger partial charge in [-0.25, -0.2) is 9.18 Å². The number of amides is 1. The van der Waals surface area contributed by atoms with Crippen molar-refractivity contribution in [3.05, 3.63) is 86.5 Å². The summed E-state index contributed by atoms with van der Waals surface area (Å²) in [6, 6.07) is 2.23. The molecule has 0 aliphatic rings. The Morgan fingerprint density at radius 3 is 2.43 bits per heavy atom. The molecule has 1 aromatic carbocycles. The van der Waals surface area contributed by atoms with E-state index in [1.807, 2.05) is 0 Å². The molecular formula is C23H21Cl2F4N3O3. The van der Waals surface area contributed by atoms with E-state index in [2.05, 4.69) is 17.0 Å². The van der Waals surface area contributed by atoms with Crippen molar-refractivity contribution in [3.8, 4) is 0 Å². The van der Waals surface area contributed by atoms with Gasteiger partial charge in [0.2, 0.25) is 0 Å². The number of nitrogens with zero attached hydrogens (tertiary/aromatic N) is 2. The van der Waals surface area contributed by atoms with Gasteiger partial charge in [0.25, 0.3) is 5.91 Å². The number of carboxylic acid groups (broad SMARTS) is 1. The number of alkyl halides is 3. The maximum absolute atomic E-state index is 14.0. The largest absolute Gasteiger partial charge is 0.478 e. The Bertz CT molecular complexity index is 1230. The second kappa shape index (κ2) is 11.1. The first-order valence-corrected chi connectivity index (χ1v) is 10.7. The van der Waals surface area contributed by atoms with Gasteiger partial charge in [0.15, 0.2) is 5.69 Å². The molecule has 1 aromatic heterocycles. The molecule has 2 aromatic rings. The normalized spacial score (nSPS) is 13.5. The molecule has 0 saturated heterocycles. The van der Waals surface area contributed by atoms with Crippen molar-refractivity contribution in [1.82, 2.24) is 15.1 Å². The molecule has 1 heterocycles. The molecule has 0 unspecified atom stereocenters. The Hall–Kier alpha value is -3.11. The second-order valence-corrected chi connectivity index (χ2v) is 8.50. The Labute approximate surface area is 208 Å². The number of aromatic carboxylic acids is 1. The number of rotatable bonds is 8. The van der Waals surface area contributed by atoms with Gasteiger partial charge < -0.3 is 10.4 Å². The summed E-state index contributed by atoms with van der Waals surface area (Å²) in [4.78, 5) is 24.0. The predicted octanol–water partition coefficient (Wildman–Crippen LogP) is 6.13. The standard InChI is InChI=1S/C23H21Cl2F4N3O3/c1-11(5-8-16(25)12(2)24)9-18-19(20(23(27,28)29)32(4)31-18)21(33)30-13(3)14-6-7-15(22(34)35)17(26)10-14/h5-8,10,13H,2,9H2,1,3-4H3,(H,30,33)(H,34,35)/b11-5+,16-8+/t13-/m0/s1. The SMILES string of the molecule is C=C(Cl)/C(Cl)=C\C=C(/C)Cc1nn(C)c(C(F)(F)F)c1C(=O)N[C@@H](C)c1ccc(C(=O)O)c(F)c1. The molecular weight excluding hydrogens is 513 g/mol. The number of halogens is 6.